The smallest absolute Gasteiger partial charge is 0.0639 e. The molecule has 8 heteroatoms. The Morgan fingerprint density at radius 3 is 0.833 bits per heavy atom. The summed E-state index contributed by atoms with van der Waals surface area (Å²) in [6, 6.07) is 0. The van der Waals surface area contributed by atoms with Crippen LogP contribution < -0.4 is 0 Å². The predicted octanol–water partition coefficient (Wildman–Crippen LogP) is -0.489. The highest BCUT2D eigenvalue weighted by molar-refractivity contribution is 4.73. The van der Waals surface area contributed by atoms with E-state index >= 15 is 0 Å². The van der Waals surface area contributed by atoms with Crippen molar-refractivity contribution in [2.75, 3.05) is 78.5 Å². The Labute approximate surface area is 184 Å². The molecular formula is C22H48N4O4. The summed E-state index contributed by atoms with van der Waals surface area (Å²) in [4.78, 5) is 9.21. The Balaban J connectivity index is 2.86. The second-order valence-corrected chi connectivity index (χ2v) is 9.31. The fourth-order valence-electron chi connectivity index (χ4n) is 4.19. The van der Waals surface area contributed by atoms with E-state index in [0.717, 1.165) is 65.2 Å². The van der Waals surface area contributed by atoms with Crippen LogP contribution in [0.4, 0.5) is 0 Å². The second-order valence-electron chi connectivity index (χ2n) is 9.31. The summed E-state index contributed by atoms with van der Waals surface area (Å²) in [6.45, 7) is 16.9. The molecule has 0 aromatic rings. The van der Waals surface area contributed by atoms with E-state index in [1.807, 2.05) is 27.7 Å². The van der Waals surface area contributed by atoms with Crippen LogP contribution >= 0.6 is 0 Å². The summed E-state index contributed by atoms with van der Waals surface area (Å²) < 4.78 is 0. The van der Waals surface area contributed by atoms with Gasteiger partial charge in [-0.25, -0.2) is 0 Å². The van der Waals surface area contributed by atoms with Gasteiger partial charge in [0.05, 0.1) is 24.4 Å². The number of β-amino-alcohol motifs (C(OH)–C–C–N with tert-alkyl or cyclic N) is 4. The number of aliphatic hydroxyl groups is 4. The molecule has 0 saturated carbocycles. The lowest BCUT2D eigenvalue weighted by Gasteiger charge is -2.33. The fourth-order valence-corrected chi connectivity index (χ4v) is 4.19. The van der Waals surface area contributed by atoms with E-state index in [1.54, 1.807) is 0 Å². The molecule has 4 unspecified atom stereocenters. The lowest BCUT2D eigenvalue weighted by molar-refractivity contribution is 0.0694. The van der Waals surface area contributed by atoms with Gasteiger partial charge in [-0.1, -0.05) is 0 Å². The number of aliphatic hydroxyl groups excluding tert-OH is 4. The molecule has 1 heterocycles. The Kier molecular flexibility index (Phi) is 14.3. The van der Waals surface area contributed by atoms with Gasteiger partial charge in [-0.15, -0.1) is 0 Å². The predicted molar refractivity (Wildman–Crippen MR) is 122 cm³/mol. The van der Waals surface area contributed by atoms with Gasteiger partial charge in [0.1, 0.15) is 0 Å². The van der Waals surface area contributed by atoms with Gasteiger partial charge in [-0.3, -0.25) is 19.6 Å². The summed E-state index contributed by atoms with van der Waals surface area (Å²) in [5, 5.41) is 39.6. The quantitative estimate of drug-likeness (QED) is 0.408. The van der Waals surface area contributed by atoms with Crippen molar-refractivity contribution in [1.29, 1.82) is 0 Å². The number of rotatable bonds is 8. The number of hydrogen-bond acceptors (Lipinski definition) is 8. The number of nitrogens with zero attached hydrogens (tertiary/aromatic N) is 4. The highest BCUT2D eigenvalue weighted by atomic mass is 16.3. The molecule has 1 rings (SSSR count). The van der Waals surface area contributed by atoms with Gasteiger partial charge in [0.25, 0.3) is 0 Å². The fraction of sp³-hybridized carbons (Fsp3) is 1.00. The summed E-state index contributed by atoms with van der Waals surface area (Å²) >= 11 is 0. The van der Waals surface area contributed by atoms with Gasteiger partial charge in [0.15, 0.2) is 0 Å². The van der Waals surface area contributed by atoms with Crippen molar-refractivity contribution in [2.24, 2.45) is 0 Å². The first-order valence-corrected chi connectivity index (χ1v) is 11.8. The zero-order valence-electron chi connectivity index (χ0n) is 19.8. The normalized spacial score (nSPS) is 24.8. The molecule has 0 amide bonds. The van der Waals surface area contributed by atoms with Crippen molar-refractivity contribution < 1.29 is 20.4 Å². The van der Waals surface area contributed by atoms with E-state index in [-0.39, 0.29) is 24.4 Å². The third-order valence-electron chi connectivity index (χ3n) is 5.49. The summed E-state index contributed by atoms with van der Waals surface area (Å²) in [5.74, 6) is 0. The second kappa shape index (κ2) is 15.5. The van der Waals surface area contributed by atoms with Crippen LogP contribution in [-0.2, 0) is 0 Å². The minimum absolute atomic E-state index is 0.359. The molecule has 8 nitrogen and oxygen atoms in total. The van der Waals surface area contributed by atoms with Crippen molar-refractivity contribution in [2.45, 2.75) is 65.0 Å². The van der Waals surface area contributed by atoms with E-state index in [9.17, 15) is 20.4 Å². The topological polar surface area (TPSA) is 93.9 Å². The van der Waals surface area contributed by atoms with Gasteiger partial charge in [-0.2, -0.15) is 0 Å². The Morgan fingerprint density at radius 2 is 0.633 bits per heavy atom. The third-order valence-corrected chi connectivity index (χ3v) is 5.49. The summed E-state index contributed by atoms with van der Waals surface area (Å²) in [6.07, 6.45) is 0.611. The van der Waals surface area contributed by atoms with Gasteiger partial charge in [-0.05, 0) is 53.6 Å². The van der Waals surface area contributed by atoms with Crippen molar-refractivity contribution in [3.8, 4) is 0 Å². The molecule has 1 fully saturated rings. The molecule has 0 aromatic carbocycles. The standard InChI is InChI=1S/C22H48N4O4/c1-19(27)15-23-7-5-6-8-24(16-20(2)28)10-12-26(18-22(4)30)14-13-25(11-9-23)17-21(3)29/h19-22,27-30H,5-18H2,1-4H3. The molecule has 1 aliphatic heterocycles. The van der Waals surface area contributed by atoms with E-state index in [0.29, 0.717) is 26.2 Å². The van der Waals surface area contributed by atoms with E-state index in [1.165, 1.54) is 0 Å². The molecule has 0 radical (unpaired) electrons. The average molecular weight is 433 g/mol. The van der Waals surface area contributed by atoms with Gasteiger partial charge in [0.2, 0.25) is 0 Å². The molecule has 0 aromatic heterocycles. The maximum Gasteiger partial charge on any atom is 0.0639 e. The molecule has 0 spiro atoms. The Bertz CT molecular complexity index is 386. The van der Waals surface area contributed by atoms with Gasteiger partial charge < -0.3 is 20.4 Å². The minimum atomic E-state index is -0.388. The monoisotopic (exact) mass is 432 g/mol. The molecule has 1 saturated heterocycles. The molecule has 0 bridgehead atoms. The highest BCUT2D eigenvalue weighted by Crippen LogP contribution is 2.06. The Hall–Kier alpha value is -0.320. The molecule has 30 heavy (non-hydrogen) atoms. The first-order chi connectivity index (χ1) is 14.2. The minimum Gasteiger partial charge on any atom is -0.392 e. The molecule has 4 N–H and O–H groups in total. The van der Waals surface area contributed by atoms with Crippen LogP contribution in [0.25, 0.3) is 0 Å². The molecule has 180 valence electrons. The van der Waals surface area contributed by atoms with Crippen LogP contribution in [0.1, 0.15) is 40.5 Å². The third kappa shape index (κ3) is 13.9. The molecule has 0 aliphatic carbocycles. The zero-order valence-corrected chi connectivity index (χ0v) is 19.8. The van der Waals surface area contributed by atoms with Crippen LogP contribution in [0.3, 0.4) is 0 Å². The van der Waals surface area contributed by atoms with Crippen molar-refractivity contribution >= 4 is 0 Å². The SMILES string of the molecule is CC(O)CN1CCCCN(CC(C)O)CCN(CC(C)O)CCN(CC(C)O)CC1. The number of hydrogen-bond donors (Lipinski definition) is 4. The molecular weight excluding hydrogens is 384 g/mol. The molecule has 1 aliphatic rings. The highest BCUT2D eigenvalue weighted by Gasteiger charge is 2.18. The van der Waals surface area contributed by atoms with Crippen LogP contribution in [0.15, 0.2) is 0 Å². The first-order valence-electron chi connectivity index (χ1n) is 11.8. The van der Waals surface area contributed by atoms with Gasteiger partial charge >= 0.3 is 0 Å². The van der Waals surface area contributed by atoms with Crippen molar-refractivity contribution in [1.82, 2.24) is 19.6 Å². The lowest BCUT2D eigenvalue weighted by atomic mass is 10.2. The summed E-state index contributed by atoms with van der Waals surface area (Å²) in [5.41, 5.74) is 0. The first kappa shape index (κ1) is 27.7. The maximum absolute atomic E-state index is 9.94. The van der Waals surface area contributed by atoms with Crippen LogP contribution in [0.2, 0.25) is 0 Å². The van der Waals surface area contributed by atoms with E-state index < -0.39 is 0 Å². The van der Waals surface area contributed by atoms with Crippen LogP contribution in [0, 0.1) is 0 Å². The van der Waals surface area contributed by atoms with E-state index in [2.05, 4.69) is 19.6 Å². The maximum atomic E-state index is 9.94. The summed E-state index contributed by atoms with van der Waals surface area (Å²) in [7, 11) is 0. The van der Waals surface area contributed by atoms with Crippen LogP contribution in [0.5, 0.6) is 0 Å². The Morgan fingerprint density at radius 1 is 0.433 bits per heavy atom. The largest absolute Gasteiger partial charge is 0.392 e. The van der Waals surface area contributed by atoms with Crippen molar-refractivity contribution in [3.05, 3.63) is 0 Å². The van der Waals surface area contributed by atoms with E-state index in [4.69, 9.17) is 0 Å². The zero-order chi connectivity index (χ0) is 22.5. The van der Waals surface area contributed by atoms with Gasteiger partial charge in [0, 0.05) is 65.4 Å². The van der Waals surface area contributed by atoms with Crippen LogP contribution in [-0.4, -0.2) is 143 Å². The lowest BCUT2D eigenvalue weighted by Crippen LogP contribution is -2.47. The van der Waals surface area contributed by atoms with Crippen molar-refractivity contribution in [3.63, 3.8) is 0 Å². The molecule has 4 atom stereocenters. The average Bonchev–Trinajstić information content (AvgIpc) is 2.61.